The van der Waals surface area contributed by atoms with Crippen molar-refractivity contribution < 1.29 is 14.3 Å². The number of rotatable bonds is 3. The van der Waals surface area contributed by atoms with E-state index in [-0.39, 0.29) is 17.5 Å². The van der Waals surface area contributed by atoms with Crippen LogP contribution in [-0.4, -0.2) is 46.3 Å². The van der Waals surface area contributed by atoms with Crippen molar-refractivity contribution in [2.45, 2.75) is 32.5 Å². The molecule has 2 heterocycles. The number of carbonyl (C=O) groups excluding carboxylic acids is 1. The maximum Gasteiger partial charge on any atom is 0.410 e. The molecule has 1 atom stereocenters. The minimum Gasteiger partial charge on any atom is -0.444 e. The van der Waals surface area contributed by atoms with E-state index in [2.05, 4.69) is 15.3 Å². The molecular weight excluding hydrogens is 403 g/mol. The van der Waals surface area contributed by atoms with Crippen molar-refractivity contribution in [2.75, 3.05) is 25.0 Å². The molecule has 150 valence electrons. The monoisotopic (exact) mass is 424 g/mol. The summed E-state index contributed by atoms with van der Waals surface area (Å²) in [6, 6.07) is 7.64. The second-order valence-corrected chi connectivity index (χ2v) is 8.11. The zero-order valence-corrected chi connectivity index (χ0v) is 17.4. The number of aromatic nitrogens is 2. The van der Waals surface area contributed by atoms with E-state index in [9.17, 15) is 4.79 Å². The van der Waals surface area contributed by atoms with Gasteiger partial charge in [-0.3, -0.25) is 0 Å². The molecule has 28 heavy (non-hydrogen) atoms. The molecule has 9 heteroatoms. The molecule has 0 aliphatic carbocycles. The highest BCUT2D eigenvalue weighted by Crippen LogP contribution is 2.27. The number of carbonyl (C=O) groups is 1. The smallest absolute Gasteiger partial charge is 0.410 e. The number of anilines is 2. The summed E-state index contributed by atoms with van der Waals surface area (Å²) in [6.07, 6.45) is 0.899. The van der Waals surface area contributed by atoms with Crippen molar-refractivity contribution in [3.63, 3.8) is 0 Å². The zero-order chi connectivity index (χ0) is 20.3. The van der Waals surface area contributed by atoms with Crippen molar-refractivity contribution >= 4 is 40.8 Å². The number of benzene rings is 1. The summed E-state index contributed by atoms with van der Waals surface area (Å²) in [5, 5.41) is 3.59. The Morgan fingerprint density at radius 2 is 2.00 bits per heavy atom. The molecule has 1 aromatic carbocycles. The SMILES string of the molecule is CC(C)(C)OC(=O)N1CCOC(c2ccc(Nc3nc(Cl)ncc3Cl)cc2)C1. The van der Waals surface area contributed by atoms with Crippen molar-refractivity contribution in [1.82, 2.24) is 14.9 Å². The van der Waals surface area contributed by atoms with Crippen LogP contribution in [0.1, 0.15) is 32.4 Å². The molecule has 0 saturated carbocycles. The summed E-state index contributed by atoms with van der Waals surface area (Å²) in [6.45, 7) is 6.97. The number of ether oxygens (including phenoxy) is 2. The van der Waals surface area contributed by atoms with Gasteiger partial charge in [-0.25, -0.2) is 9.78 Å². The highest BCUT2D eigenvalue weighted by Gasteiger charge is 2.28. The average molecular weight is 425 g/mol. The summed E-state index contributed by atoms with van der Waals surface area (Å²) in [7, 11) is 0. The van der Waals surface area contributed by atoms with Gasteiger partial charge in [0, 0.05) is 12.2 Å². The third-order valence-corrected chi connectivity index (χ3v) is 4.44. The zero-order valence-electron chi connectivity index (χ0n) is 15.9. The maximum atomic E-state index is 12.3. The largest absolute Gasteiger partial charge is 0.444 e. The third-order valence-electron chi connectivity index (χ3n) is 3.98. The minimum absolute atomic E-state index is 0.112. The van der Waals surface area contributed by atoms with Crippen molar-refractivity contribution in [2.24, 2.45) is 0 Å². The van der Waals surface area contributed by atoms with Gasteiger partial charge >= 0.3 is 6.09 Å². The first kappa shape index (κ1) is 20.6. The molecule has 2 aromatic rings. The average Bonchev–Trinajstić information content (AvgIpc) is 2.64. The predicted molar refractivity (Wildman–Crippen MR) is 108 cm³/mol. The fourth-order valence-electron chi connectivity index (χ4n) is 2.69. The third kappa shape index (κ3) is 5.47. The Morgan fingerprint density at radius 1 is 1.29 bits per heavy atom. The van der Waals surface area contributed by atoms with E-state index in [1.807, 2.05) is 45.0 Å². The summed E-state index contributed by atoms with van der Waals surface area (Å²) in [5.74, 6) is 0.430. The molecule has 1 aliphatic rings. The highest BCUT2D eigenvalue weighted by molar-refractivity contribution is 6.33. The van der Waals surface area contributed by atoms with Gasteiger partial charge in [0.15, 0.2) is 5.82 Å². The Balaban J connectivity index is 1.66. The van der Waals surface area contributed by atoms with E-state index in [4.69, 9.17) is 32.7 Å². The number of halogens is 2. The van der Waals surface area contributed by atoms with Crippen molar-refractivity contribution in [1.29, 1.82) is 0 Å². The van der Waals surface area contributed by atoms with Crippen LogP contribution < -0.4 is 5.32 Å². The lowest BCUT2D eigenvalue weighted by Crippen LogP contribution is -2.44. The van der Waals surface area contributed by atoms with Crippen LogP contribution in [0.4, 0.5) is 16.3 Å². The number of nitrogens with one attached hydrogen (secondary N) is 1. The Hall–Kier alpha value is -2.09. The fourth-order valence-corrected chi connectivity index (χ4v) is 2.97. The van der Waals surface area contributed by atoms with E-state index in [1.165, 1.54) is 6.20 Å². The summed E-state index contributed by atoms with van der Waals surface area (Å²) in [5.41, 5.74) is 1.23. The number of amides is 1. The molecule has 1 fully saturated rings. The minimum atomic E-state index is -0.524. The van der Waals surface area contributed by atoms with Gasteiger partial charge in [-0.05, 0) is 50.1 Å². The van der Waals surface area contributed by atoms with Gasteiger partial charge in [0.25, 0.3) is 0 Å². The molecule has 1 aliphatic heterocycles. The standard InChI is InChI=1S/C19H22Cl2N4O3/c1-19(2,3)28-18(26)25-8-9-27-15(11-25)12-4-6-13(7-5-12)23-16-14(20)10-22-17(21)24-16/h4-7,10,15H,8-9,11H2,1-3H3,(H,22,23,24). The van der Waals surface area contributed by atoms with Crippen LogP contribution in [0.25, 0.3) is 0 Å². The summed E-state index contributed by atoms with van der Waals surface area (Å²) in [4.78, 5) is 21.9. The Morgan fingerprint density at radius 3 is 2.68 bits per heavy atom. The van der Waals surface area contributed by atoms with E-state index in [1.54, 1.807) is 4.90 Å². The van der Waals surface area contributed by atoms with Crippen LogP contribution in [0.15, 0.2) is 30.5 Å². The van der Waals surface area contributed by atoms with Gasteiger partial charge in [0.2, 0.25) is 5.28 Å². The first-order chi connectivity index (χ1) is 13.2. The number of nitrogens with zero attached hydrogens (tertiary/aromatic N) is 3. The lowest BCUT2D eigenvalue weighted by molar-refractivity contribution is -0.0432. The van der Waals surface area contributed by atoms with Crippen molar-refractivity contribution in [3.05, 3.63) is 46.3 Å². The molecule has 1 amide bonds. The predicted octanol–water partition coefficient (Wildman–Crippen LogP) is 4.84. The van der Waals surface area contributed by atoms with Gasteiger partial charge < -0.3 is 19.7 Å². The first-order valence-electron chi connectivity index (χ1n) is 8.86. The summed E-state index contributed by atoms with van der Waals surface area (Å²) >= 11 is 11.9. The summed E-state index contributed by atoms with van der Waals surface area (Å²) < 4.78 is 11.3. The van der Waals surface area contributed by atoms with Gasteiger partial charge in [0.05, 0.1) is 19.3 Å². The van der Waals surface area contributed by atoms with Crippen LogP contribution >= 0.6 is 23.2 Å². The lowest BCUT2D eigenvalue weighted by Gasteiger charge is -2.34. The van der Waals surface area contributed by atoms with E-state index in [0.29, 0.717) is 30.5 Å². The fraction of sp³-hybridized carbons (Fsp3) is 0.421. The molecule has 0 spiro atoms. The topological polar surface area (TPSA) is 76.6 Å². The molecule has 3 rings (SSSR count). The molecule has 1 N–H and O–H groups in total. The Bertz CT molecular complexity index is 840. The van der Waals surface area contributed by atoms with Crippen LogP contribution in [0, 0.1) is 0 Å². The van der Waals surface area contributed by atoms with Gasteiger partial charge in [0.1, 0.15) is 16.7 Å². The lowest BCUT2D eigenvalue weighted by atomic mass is 10.1. The van der Waals surface area contributed by atoms with Gasteiger partial charge in [-0.1, -0.05) is 23.7 Å². The van der Waals surface area contributed by atoms with Crippen LogP contribution in [0.2, 0.25) is 10.3 Å². The number of morpholine rings is 1. The van der Waals surface area contributed by atoms with Gasteiger partial charge in [-0.15, -0.1) is 0 Å². The maximum absolute atomic E-state index is 12.3. The Kier molecular flexibility index (Phi) is 6.27. The second kappa shape index (κ2) is 8.51. The quantitative estimate of drug-likeness (QED) is 0.710. The van der Waals surface area contributed by atoms with Crippen LogP contribution in [-0.2, 0) is 9.47 Å². The van der Waals surface area contributed by atoms with E-state index >= 15 is 0 Å². The molecule has 7 nitrogen and oxygen atoms in total. The molecule has 1 saturated heterocycles. The van der Waals surface area contributed by atoms with E-state index in [0.717, 1.165) is 11.3 Å². The molecule has 0 bridgehead atoms. The molecular formula is C19H22Cl2N4O3. The van der Waals surface area contributed by atoms with Crippen LogP contribution in [0.5, 0.6) is 0 Å². The molecule has 1 aromatic heterocycles. The van der Waals surface area contributed by atoms with Crippen LogP contribution in [0.3, 0.4) is 0 Å². The first-order valence-corrected chi connectivity index (χ1v) is 9.61. The molecule has 1 unspecified atom stereocenters. The number of hydrogen-bond donors (Lipinski definition) is 1. The Labute approximate surface area is 174 Å². The molecule has 0 radical (unpaired) electrons. The van der Waals surface area contributed by atoms with Gasteiger partial charge in [-0.2, -0.15) is 4.98 Å². The number of hydrogen-bond acceptors (Lipinski definition) is 6. The van der Waals surface area contributed by atoms with E-state index < -0.39 is 5.60 Å². The van der Waals surface area contributed by atoms with Crippen molar-refractivity contribution in [3.8, 4) is 0 Å². The normalized spacial score (nSPS) is 17.3. The second-order valence-electron chi connectivity index (χ2n) is 7.37. The highest BCUT2D eigenvalue weighted by atomic mass is 35.5.